The van der Waals surface area contributed by atoms with E-state index in [9.17, 15) is 17.6 Å². The lowest BCUT2D eigenvalue weighted by atomic mass is 10.1. The van der Waals surface area contributed by atoms with Crippen LogP contribution in [0.25, 0.3) is 0 Å². The predicted octanol–water partition coefficient (Wildman–Crippen LogP) is 5.45. The molecule has 174 valence electrons. The van der Waals surface area contributed by atoms with Gasteiger partial charge in [0.2, 0.25) is 0 Å². The van der Waals surface area contributed by atoms with E-state index in [0.29, 0.717) is 18.7 Å². The van der Waals surface area contributed by atoms with Gasteiger partial charge in [-0.25, -0.2) is 4.39 Å². The number of carbonyl (C=O) groups is 1. The fraction of sp³-hybridized carbons (Fsp3) is 0.269. The first-order valence-corrected chi connectivity index (χ1v) is 12.3. The zero-order chi connectivity index (χ0) is 24.0. The van der Waals surface area contributed by atoms with Gasteiger partial charge < -0.3 is 9.08 Å². The van der Waals surface area contributed by atoms with Gasteiger partial charge in [-0.2, -0.15) is 8.42 Å². The van der Waals surface area contributed by atoms with Gasteiger partial charge in [0.1, 0.15) is 16.5 Å². The summed E-state index contributed by atoms with van der Waals surface area (Å²) in [4.78, 5) is 14.8. The van der Waals surface area contributed by atoms with Crippen LogP contribution >= 0.6 is 0 Å². The summed E-state index contributed by atoms with van der Waals surface area (Å²) in [5, 5.41) is 0. The van der Waals surface area contributed by atoms with Crippen LogP contribution in [-0.4, -0.2) is 25.8 Å². The number of amides is 1. The molecule has 0 bridgehead atoms. The number of rotatable bonds is 9. The van der Waals surface area contributed by atoms with E-state index in [1.165, 1.54) is 6.07 Å². The topological polar surface area (TPSA) is 63.7 Å². The van der Waals surface area contributed by atoms with Crippen LogP contribution < -0.4 is 4.18 Å². The number of halogens is 1. The molecule has 3 aromatic rings. The molecule has 1 amide bonds. The van der Waals surface area contributed by atoms with Gasteiger partial charge in [-0.3, -0.25) is 4.79 Å². The Morgan fingerprint density at radius 3 is 2.24 bits per heavy atom. The third-order valence-corrected chi connectivity index (χ3v) is 6.32. The molecular weight excluding hydrogens is 441 g/mol. The Kier molecular flexibility index (Phi) is 7.87. The minimum Gasteiger partial charge on any atom is -0.379 e. The van der Waals surface area contributed by atoms with Gasteiger partial charge in [0.15, 0.2) is 0 Å². The SMILES string of the molecule is CCc1ccc(C(=O)N(Cc2cccc(OS(=O)(=O)c3ccc(F)cc3)c2)CC(C)C)cc1. The smallest absolute Gasteiger partial charge is 0.339 e. The maximum atomic E-state index is 13.2. The minimum atomic E-state index is -4.11. The van der Waals surface area contributed by atoms with E-state index in [1.807, 2.05) is 44.2 Å². The summed E-state index contributed by atoms with van der Waals surface area (Å²) in [5.74, 6) is -0.241. The number of nitrogens with zero attached hydrogens (tertiary/aromatic N) is 1. The van der Waals surface area contributed by atoms with Crippen LogP contribution in [0.1, 0.15) is 42.3 Å². The standard InChI is InChI=1S/C26H28FNO4S/c1-4-20-8-10-22(11-9-20)26(29)28(17-19(2)3)18-21-6-5-7-24(16-21)32-33(30,31)25-14-12-23(27)13-15-25/h5-16,19H,4,17-18H2,1-3H3. The van der Waals surface area contributed by atoms with Crippen molar-refractivity contribution in [2.75, 3.05) is 6.54 Å². The summed E-state index contributed by atoms with van der Waals surface area (Å²) in [5.41, 5.74) is 2.51. The normalized spacial score (nSPS) is 11.4. The molecule has 33 heavy (non-hydrogen) atoms. The van der Waals surface area contributed by atoms with Gasteiger partial charge in [-0.15, -0.1) is 0 Å². The zero-order valence-corrected chi connectivity index (χ0v) is 19.8. The van der Waals surface area contributed by atoms with Crippen molar-refractivity contribution in [2.24, 2.45) is 5.92 Å². The van der Waals surface area contributed by atoms with E-state index < -0.39 is 15.9 Å². The van der Waals surface area contributed by atoms with Crippen LogP contribution in [0.4, 0.5) is 4.39 Å². The van der Waals surface area contributed by atoms with Gasteiger partial charge in [-0.05, 0) is 72.0 Å². The van der Waals surface area contributed by atoms with Crippen molar-refractivity contribution in [2.45, 2.75) is 38.6 Å². The van der Waals surface area contributed by atoms with Gasteiger partial charge >= 0.3 is 10.1 Å². The Balaban J connectivity index is 1.80. The largest absolute Gasteiger partial charge is 0.379 e. The summed E-state index contributed by atoms with van der Waals surface area (Å²) in [6.45, 7) is 6.99. The van der Waals surface area contributed by atoms with Gasteiger partial charge in [0.05, 0.1) is 0 Å². The molecule has 0 aromatic heterocycles. The van der Waals surface area contributed by atoms with Crippen molar-refractivity contribution < 1.29 is 21.8 Å². The highest BCUT2D eigenvalue weighted by Gasteiger charge is 2.20. The van der Waals surface area contributed by atoms with Crippen LogP contribution in [0.5, 0.6) is 5.75 Å². The molecule has 0 atom stereocenters. The Bertz CT molecular complexity index is 1190. The second kappa shape index (κ2) is 10.6. The molecule has 0 aliphatic rings. The summed E-state index contributed by atoms with van der Waals surface area (Å²) in [6, 6.07) is 18.6. The van der Waals surface area contributed by atoms with Crippen molar-refractivity contribution in [3.63, 3.8) is 0 Å². The molecule has 3 rings (SSSR count). The van der Waals surface area contributed by atoms with Crippen LogP contribution in [-0.2, 0) is 23.1 Å². The van der Waals surface area contributed by atoms with E-state index in [2.05, 4.69) is 6.92 Å². The fourth-order valence-corrected chi connectivity index (χ4v) is 4.34. The van der Waals surface area contributed by atoms with Crippen molar-refractivity contribution in [1.29, 1.82) is 0 Å². The Labute approximate surface area is 194 Å². The third-order valence-electron chi connectivity index (χ3n) is 5.06. The lowest BCUT2D eigenvalue weighted by Gasteiger charge is -2.25. The summed E-state index contributed by atoms with van der Waals surface area (Å²) >= 11 is 0. The van der Waals surface area contributed by atoms with Crippen molar-refractivity contribution >= 4 is 16.0 Å². The summed E-state index contributed by atoms with van der Waals surface area (Å²) in [6.07, 6.45) is 0.901. The number of carbonyl (C=O) groups excluding carboxylic acids is 1. The maximum Gasteiger partial charge on any atom is 0.339 e. The zero-order valence-electron chi connectivity index (χ0n) is 19.0. The highest BCUT2D eigenvalue weighted by atomic mass is 32.2. The van der Waals surface area contributed by atoms with Crippen molar-refractivity contribution in [3.05, 3.63) is 95.3 Å². The van der Waals surface area contributed by atoms with E-state index in [4.69, 9.17) is 4.18 Å². The van der Waals surface area contributed by atoms with Crippen LogP contribution in [0.2, 0.25) is 0 Å². The first-order chi connectivity index (χ1) is 15.7. The van der Waals surface area contributed by atoms with Gasteiger partial charge in [0, 0.05) is 18.7 Å². The molecule has 7 heteroatoms. The monoisotopic (exact) mass is 469 g/mol. The molecule has 5 nitrogen and oxygen atoms in total. The number of benzene rings is 3. The minimum absolute atomic E-state index is 0.0865. The second-order valence-electron chi connectivity index (χ2n) is 8.27. The van der Waals surface area contributed by atoms with Crippen LogP contribution in [0.15, 0.2) is 77.7 Å². The molecule has 0 saturated carbocycles. The first kappa shape index (κ1) is 24.5. The maximum absolute atomic E-state index is 13.2. The molecule has 0 spiro atoms. The highest BCUT2D eigenvalue weighted by Crippen LogP contribution is 2.22. The quantitative estimate of drug-likeness (QED) is 0.391. The van der Waals surface area contributed by atoms with E-state index in [0.717, 1.165) is 41.8 Å². The van der Waals surface area contributed by atoms with Gasteiger partial charge in [0.25, 0.3) is 5.91 Å². The lowest BCUT2D eigenvalue weighted by Crippen LogP contribution is -2.33. The van der Waals surface area contributed by atoms with Crippen LogP contribution in [0.3, 0.4) is 0 Å². The van der Waals surface area contributed by atoms with E-state index >= 15 is 0 Å². The molecular formula is C26H28FNO4S. The Hall–Kier alpha value is -3.19. The number of aryl methyl sites for hydroxylation is 1. The molecule has 0 fully saturated rings. The van der Waals surface area contributed by atoms with Gasteiger partial charge in [-0.1, -0.05) is 45.0 Å². The average molecular weight is 470 g/mol. The highest BCUT2D eigenvalue weighted by molar-refractivity contribution is 7.87. The third kappa shape index (κ3) is 6.65. The van der Waals surface area contributed by atoms with Crippen LogP contribution in [0, 0.1) is 11.7 Å². The van der Waals surface area contributed by atoms with Crippen molar-refractivity contribution in [3.8, 4) is 5.75 Å². The molecule has 3 aromatic carbocycles. The van der Waals surface area contributed by atoms with Crippen molar-refractivity contribution in [1.82, 2.24) is 4.90 Å². The summed E-state index contributed by atoms with van der Waals surface area (Å²) < 4.78 is 43.4. The second-order valence-corrected chi connectivity index (χ2v) is 9.82. The molecule has 0 N–H and O–H groups in total. The number of hydrogen-bond acceptors (Lipinski definition) is 4. The lowest BCUT2D eigenvalue weighted by molar-refractivity contribution is 0.0722. The predicted molar refractivity (Wildman–Crippen MR) is 126 cm³/mol. The fourth-order valence-electron chi connectivity index (χ4n) is 3.42. The molecule has 0 aliphatic heterocycles. The first-order valence-electron chi connectivity index (χ1n) is 10.8. The molecule has 0 aliphatic carbocycles. The number of hydrogen-bond donors (Lipinski definition) is 0. The summed E-state index contributed by atoms with van der Waals surface area (Å²) in [7, 11) is -4.11. The molecule has 0 saturated heterocycles. The van der Waals surface area contributed by atoms with E-state index in [-0.39, 0.29) is 22.5 Å². The Morgan fingerprint density at radius 2 is 1.64 bits per heavy atom. The molecule has 0 unspecified atom stereocenters. The molecule has 0 heterocycles. The molecule has 0 radical (unpaired) electrons. The Morgan fingerprint density at radius 1 is 0.970 bits per heavy atom. The van der Waals surface area contributed by atoms with E-state index in [1.54, 1.807) is 17.0 Å². The average Bonchev–Trinajstić information content (AvgIpc) is 2.78.